The second-order valence-electron chi connectivity index (χ2n) is 6.42. The van der Waals surface area contributed by atoms with Crippen LogP contribution in [0, 0.1) is 5.92 Å². The minimum atomic E-state index is -3.54. The first kappa shape index (κ1) is 21.0. The van der Waals surface area contributed by atoms with Crippen molar-refractivity contribution in [3.8, 4) is 0 Å². The normalized spacial score (nSPS) is 16.4. The molecule has 9 heteroatoms. The van der Waals surface area contributed by atoms with Gasteiger partial charge in [-0.15, -0.1) is 0 Å². The molecule has 1 aliphatic heterocycles. The first-order valence-corrected chi connectivity index (χ1v) is 11.3. The van der Waals surface area contributed by atoms with Gasteiger partial charge in [0.05, 0.1) is 11.1 Å². The molecular formula is C19H19BrClN3O3S. The van der Waals surface area contributed by atoms with Crippen molar-refractivity contribution in [3.05, 3.63) is 63.6 Å². The summed E-state index contributed by atoms with van der Waals surface area (Å²) in [5, 5.41) is 4.60. The van der Waals surface area contributed by atoms with Crippen molar-refractivity contribution in [1.82, 2.24) is 9.73 Å². The van der Waals surface area contributed by atoms with Crippen molar-refractivity contribution in [2.75, 3.05) is 13.1 Å². The standard InChI is InChI=1S/C19H19BrClN3O3S/c20-16-3-7-18(8-4-16)28(26,27)24-11-9-15(10-12-24)19(25)23-22-13-14-1-5-17(21)6-2-14/h1-8,13,15H,9-12H2,(H,23,25)/b22-13-. The van der Waals surface area contributed by atoms with Crippen LogP contribution >= 0.6 is 27.5 Å². The van der Waals surface area contributed by atoms with Gasteiger partial charge in [-0.1, -0.05) is 39.7 Å². The Balaban J connectivity index is 1.53. The van der Waals surface area contributed by atoms with Crippen LogP contribution in [-0.2, 0) is 14.8 Å². The number of nitrogens with zero attached hydrogens (tertiary/aromatic N) is 2. The number of carbonyl (C=O) groups is 1. The number of sulfonamides is 1. The molecule has 0 atom stereocenters. The summed E-state index contributed by atoms with van der Waals surface area (Å²) in [4.78, 5) is 12.5. The molecule has 148 valence electrons. The number of carbonyl (C=O) groups excluding carboxylic acids is 1. The lowest BCUT2D eigenvalue weighted by Gasteiger charge is -2.30. The zero-order chi connectivity index (χ0) is 20.1. The topological polar surface area (TPSA) is 78.8 Å². The fourth-order valence-corrected chi connectivity index (χ4v) is 4.78. The first-order chi connectivity index (χ1) is 13.4. The lowest BCUT2D eigenvalue weighted by molar-refractivity contribution is -0.126. The maximum Gasteiger partial charge on any atom is 0.243 e. The molecule has 1 aliphatic rings. The highest BCUT2D eigenvalue weighted by Gasteiger charge is 2.32. The van der Waals surface area contributed by atoms with E-state index >= 15 is 0 Å². The van der Waals surface area contributed by atoms with Crippen LogP contribution in [0.5, 0.6) is 0 Å². The van der Waals surface area contributed by atoms with Gasteiger partial charge in [0.2, 0.25) is 15.9 Å². The largest absolute Gasteiger partial charge is 0.273 e. The fourth-order valence-electron chi connectivity index (χ4n) is 2.92. The smallest absolute Gasteiger partial charge is 0.243 e. The van der Waals surface area contributed by atoms with Crippen molar-refractivity contribution < 1.29 is 13.2 Å². The zero-order valence-corrected chi connectivity index (χ0v) is 18.0. The van der Waals surface area contributed by atoms with Crippen LogP contribution in [0.3, 0.4) is 0 Å². The number of hydrogen-bond acceptors (Lipinski definition) is 4. The van der Waals surface area contributed by atoms with Crippen molar-refractivity contribution in [3.63, 3.8) is 0 Å². The minimum Gasteiger partial charge on any atom is -0.273 e. The fraction of sp³-hybridized carbons (Fsp3) is 0.263. The summed E-state index contributed by atoms with van der Waals surface area (Å²) in [6.45, 7) is 0.606. The molecular weight excluding hydrogens is 466 g/mol. The molecule has 0 saturated carbocycles. The van der Waals surface area contributed by atoms with Crippen molar-refractivity contribution >= 4 is 49.7 Å². The Labute approximate surface area is 177 Å². The zero-order valence-electron chi connectivity index (χ0n) is 14.9. The number of piperidine rings is 1. The monoisotopic (exact) mass is 483 g/mol. The molecule has 1 N–H and O–H groups in total. The number of hydrogen-bond donors (Lipinski definition) is 1. The van der Waals surface area contributed by atoms with E-state index in [0.29, 0.717) is 31.0 Å². The highest BCUT2D eigenvalue weighted by molar-refractivity contribution is 9.10. The number of rotatable bonds is 5. The van der Waals surface area contributed by atoms with Gasteiger partial charge < -0.3 is 0 Å². The van der Waals surface area contributed by atoms with Crippen LogP contribution in [-0.4, -0.2) is 37.9 Å². The summed E-state index contributed by atoms with van der Waals surface area (Å²) in [6.07, 6.45) is 2.46. The Kier molecular flexibility index (Phi) is 6.87. The van der Waals surface area contributed by atoms with E-state index in [-0.39, 0.29) is 16.7 Å². The Morgan fingerprint density at radius 1 is 1.11 bits per heavy atom. The molecule has 1 amide bonds. The van der Waals surface area contributed by atoms with Gasteiger partial charge in [0.25, 0.3) is 0 Å². The van der Waals surface area contributed by atoms with Crippen LogP contribution in [0.4, 0.5) is 0 Å². The highest BCUT2D eigenvalue weighted by atomic mass is 79.9. The van der Waals surface area contributed by atoms with E-state index in [1.54, 1.807) is 54.7 Å². The van der Waals surface area contributed by atoms with Crippen LogP contribution in [0.2, 0.25) is 5.02 Å². The van der Waals surface area contributed by atoms with Crippen LogP contribution in [0.1, 0.15) is 18.4 Å². The maximum absolute atomic E-state index is 12.7. The second-order valence-corrected chi connectivity index (χ2v) is 9.71. The summed E-state index contributed by atoms with van der Waals surface area (Å²) in [5.74, 6) is -0.468. The van der Waals surface area contributed by atoms with Gasteiger partial charge >= 0.3 is 0 Å². The number of halogens is 2. The van der Waals surface area contributed by atoms with E-state index in [4.69, 9.17) is 11.6 Å². The molecule has 0 aliphatic carbocycles. The molecule has 2 aromatic carbocycles. The molecule has 3 rings (SSSR count). The average Bonchev–Trinajstić information content (AvgIpc) is 2.70. The summed E-state index contributed by atoms with van der Waals surface area (Å²) in [7, 11) is -3.54. The Bertz CT molecular complexity index is 955. The SMILES string of the molecule is O=C(N/N=C\c1ccc(Cl)cc1)C1CCN(S(=O)(=O)c2ccc(Br)cc2)CC1. The molecule has 1 fully saturated rings. The third-order valence-electron chi connectivity index (χ3n) is 4.53. The third-order valence-corrected chi connectivity index (χ3v) is 7.23. The summed E-state index contributed by atoms with van der Waals surface area (Å²) in [5.41, 5.74) is 3.35. The van der Waals surface area contributed by atoms with Crippen LogP contribution in [0.25, 0.3) is 0 Å². The molecule has 0 aromatic heterocycles. The molecule has 6 nitrogen and oxygen atoms in total. The van der Waals surface area contributed by atoms with Gasteiger partial charge in [0, 0.05) is 28.5 Å². The van der Waals surface area contributed by atoms with Gasteiger partial charge in [0.15, 0.2) is 0 Å². The second kappa shape index (κ2) is 9.17. The summed E-state index contributed by atoms with van der Waals surface area (Å²) >= 11 is 9.12. The molecule has 1 heterocycles. The summed E-state index contributed by atoms with van der Waals surface area (Å²) < 4.78 is 27.7. The van der Waals surface area contributed by atoms with Crippen molar-refractivity contribution in [2.45, 2.75) is 17.7 Å². The Hall–Kier alpha value is -1.74. The maximum atomic E-state index is 12.7. The average molecular weight is 485 g/mol. The molecule has 1 saturated heterocycles. The van der Waals surface area contributed by atoms with E-state index in [2.05, 4.69) is 26.5 Å². The summed E-state index contributed by atoms with van der Waals surface area (Å²) in [6, 6.07) is 13.6. The van der Waals surface area contributed by atoms with E-state index < -0.39 is 10.0 Å². The van der Waals surface area contributed by atoms with Crippen LogP contribution in [0.15, 0.2) is 63.0 Å². The van der Waals surface area contributed by atoms with E-state index in [0.717, 1.165) is 10.0 Å². The van der Waals surface area contributed by atoms with E-state index in [1.165, 1.54) is 4.31 Å². The Morgan fingerprint density at radius 3 is 2.32 bits per heavy atom. The minimum absolute atomic E-state index is 0.203. The predicted octanol–water partition coefficient (Wildman–Crippen LogP) is 3.65. The first-order valence-electron chi connectivity index (χ1n) is 8.70. The third kappa shape index (κ3) is 5.20. The lowest BCUT2D eigenvalue weighted by Crippen LogP contribution is -2.42. The number of nitrogens with one attached hydrogen (secondary N) is 1. The molecule has 2 aromatic rings. The molecule has 0 bridgehead atoms. The van der Waals surface area contributed by atoms with Crippen molar-refractivity contribution in [2.24, 2.45) is 11.0 Å². The predicted molar refractivity (Wildman–Crippen MR) is 113 cm³/mol. The van der Waals surface area contributed by atoms with Gasteiger partial charge in [-0.3, -0.25) is 4.79 Å². The number of hydrazone groups is 1. The van der Waals surface area contributed by atoms with Crippen molar-refractivity contribution in [1.29, 1.82) is 0 Å². The Morgan fingerprint density at radius 2 is 1.71 bits per heavy atom. The quantitative estimate of drug-likeness (QED) is 0.520. The van der Waals surface area contributed by atoms with Gasteiger partial charge in [-0.25, -0.2) is 13.8 Å². The van der Waals surface area contributed by atoms with E-state index in [1.807, 2.05) is 0 Å². The molecule has 0 unspecified atom stereocenters. The number of benzene rings is 2. The highest BCUT2D eigenvalue weighted by Crippen LogP contribution is 2.25. The van der Waals surface area contributed by atoms with Gasteiger partial charge in [-0.2, -0.15) is 9.41 Å². The lowest BCUT2D eigenvalue weighted by atomic mass is 9.98. The molecule has 0 radical (unpaired) electrons. The van der Waals surface area contributed by atoms with Gasteiger partial charge in [0.1, 0.15) is 0 Å². The van der Waals surface area contributed by atoms with Crippen LogP contribution < -0.4 is 5.43 Å². The van der Waals surface area contributed by atoms with E-state index in [9.17, 15) is 13.2 Å². The van der Waals surface area contributed by atoms with Gasteiger partial charge in [-0.05, 0) is 54.8 Å². The molecule has 0 spiro atoms. The number of amides is 1. The molecule has 28 heavy (non-hydrogen) atoms.